The largest absolute Gasteiger partial charge is 0.395 e. The zero-order chi connectivity index (χ0) is 18.7. The van der Waals surface area contributed by atoms with Crippen molar-refractivity contribution in [1.29, 1.82) is 0 Å². The predicted octanol–water partition coefficient (Wildman–Crippen LogP) is 2.67. The molecule has 0 aromatic rings. The van der Waals surface area contributed by atoms with Gasteiger partial charge in [-0.15, -0.1) is 11.8 Å². The molecule has 0 aromatic heterocycles. The predicted molar refractivity (Wildman–Crippen MR) is 108 cm³/mol. The molecule has 7 heteroatoms. The summed E-state index contributed by atoms with van der Waals surface area (Å²) in [5, 5.41) is 10.2. The molecule has 0 spiro atoms. The molecule has 2 atom stereocenters. The summed E-state index contributed by atoms with van der Waals surface area (Å²) in [6, 6.07) is 0. The fourth-order valence-corrected chi connectivity index (χ4v) is 3.84. The van der Waals surface area contributed by atoms with Gasteiger partial charge in [0.2, 0.25) is 6.35 Å². The number of likely N-dealkylation sites (N-methyl/N-ethyl adjacent to an activating group) is 1. The summed E-state index contributed by atoms with van der Waals surface area (Å²) in [5.74, 6) is 1.68. The van der Waals surface area contributed by atoms with Gasteiger partial charge in [0, 0.05) is 25.7 Å². The van der Waals surface area contributed by atoms with Crippen LogP contribution in [0.25, 0.3) is 0 Å². The first-order valence-corrected chi connectivity index (χ1v) is 10.1. The summed E-state index contributed by atoms with van der Waals surface area (Å²) in [4.78, 5) is 16.8. The third-order valence-corrected chi connectivity index (χ3v) is 6.36. The average Bonchev–Trinajstić information content (AvgIpc) is 3.43. The van der Waals surface area contributed by atoms with Crippen molar-refractivity contribution in [3.63, 3.8) is 0 Å². The van der Waals surface area contributed by atoms with Crippen LogP contribution >= 0.6 is 24.0 Å². The lowest BCUT2D eigenvalue weighted by molar-refractivity contribution is -0.117. The van der Waals surface area contributed by atoms with Crippen LogP contribution in [0.2, 0.25) is 0 Å². The lowest BCUT2D eigenvalue weighted by Gasteiger charge is -2.41. The van der Waals surface area contributed by atoms with E-state index < -0.39 is 6.35 Å². The van der Waals surface area contributed by atoms with Gasteiger partial charge >= 0.3 is 0 Å². The molecule has 1 saturated carbocycles. The van der Waals surface area contributed by atoms with E-state index in [2.05, 4.69) is 19.9 Å². The van der Waals surface area contributed by atoms with Gasteiger partial charge < -0.3 is 20.6 Å². The topological polar surface area (TPSA) is 69.8 Å². The summed E-state index contributed by atoms with van der Waals surface area (Å²) in [7, 11) is 3.57. The molecule has 0 radical (unpaired) electrons. The van der Waals surface area contributed by atoms with Crippen molar-refractivity contribution in [1.82, 2.24) is 9.80 Å². The molecule has 1 heterocycles. The summed E-state index contributed by atoms with van der Waals surface area (Å²) in [6.45, 7) is 4.22. The highest BCUT2D eigenvalue weighted by Crippen LogP contribution is 2.32. The highest BCUT2D eigenvalue weighted by atomic mass is 32.2. The number of hydrogen-bond acceptors (Lipinski definition) is 6. The van der Waals surface area contributed by atoms with Crippen LogP contribution in [-0.2, 0) is 4.79 Å². The van der Waals surface area contributed by atoms with Crippen molar-refractivity contribution in [3.05, 3.63) is 22.4 Å². The fraction of sp³-hybridized carbons (Fsp3) is 0.667. The first kappa shape index (κ1) is 20.3. The number of nitrogens with two attached hydrogens (primary N) is 1. The van der Waals surface area contributed by atoms with E-state index in [9.17, 15) is 9.90 Å². The molecule has 2 rings (SSSR count). The summed E-state index contributed by atoms with van der Waals surface area (Å²) in [5.41, 5.74) is 7.64. The number of hydrogen-bond donors (Lipinski definition) is 2. The molecule has 1 aliphatic heterocycles. The highest BCUT2D eigenvalue weighted by Gasteiger charge is 2.31. The van der Waals surface area contributed by atoms with Crippen molar-refractivity contribution in [2.75, 3.05) is 19.8 Å². The molecule has 3 N–H and O–H groups in total. The molecule has 25 heavy (non-hydrogen) atoms. The van der Waals surface area contributed by atoms with E-state index in [0.717, 1.165) is 31.4 Å². The van der Waals surface area contributed by atoms with Crippen molar-refractivity contribution in [2.45, 2.75) is 45.9 Å². The average molecular weight is 384 g/mol. The van der Waals surface area contributed by atoms with Crippen LogP contribution in [-0.4, -0.2) is 51.9 Å². The summed E-state index contributed by atoms with van der Waals surface area (Å²) >= 11 is 6.95. The van der Waals surface area contributed by atoms with Crippen LogP contribution < -0.4 is 5.73 Å². The number of carbonyl (C=O) groups is 1. The summed E-state index contributed by atoms with van der Waals surface area (Å²) in [6.07, 6.45) is 5.22. The Morgan fingerprint density at radius 2 is 2.08 bits per heavy atom. The van der Waals surface area contributed by atoms with Crippen LogP contribution in [0.5, 0.6) is 0 Å². The second-order valence-electron chi connectivity index (χ2n) is 7.12. The van der Waals surface area contributed by atoms with Gasteiger partial charge in [-0.05, 0) is 43.4 Å². The molecular formula is C18H29N3O2S2. The number of thioether (sulfide) groups is 1. The van der Waals surface area contributed by atoms with Gasteiger partial charge in [0.25, 0.3) is 0 Å². The monoisotopic (exact) mass is 383 g/mol. The lowest BCUT2D eigenvalue weighted by atomic mass is 9.99. The minimum absolute atomic E-state index is 0.337. The molecule has 1 fully saturated rings. The standard InChI is InChI=1S/C18H29N3O2S2/c1-11(5-6-12(2)25-10-15(22)13-7-8-13)9-14-16(19)17(24)21(4)18(23)20(14)3/h6,11,13,18,23H,5,7-10,19H2,1-4H3/b12-6-. The fourth-order valence-electron chi connectivity index (χ4n) is 2.81. The molecular weight excluding hydrogens is 354 g/mol. The maximum absolute atomic E-state index is 11.8. The maximum Gasteiger partial charge on any atom is 0.207 e. The van der Waals surface area contributed by atoms with Gasteiger partial charge in [-0.3, -0.25) is 4.79 Å². The van der Waals surface area contributed by atoms with E-state index in [0.29, 0.717) is 34.1 Å². The Morgan fingerprint density at radius 3 is 2.68 bits per heavy atom. The minimum atomic E-state index is -0.775. The number of aliphatic hydroxyl groups excluding tert-OH is 1. The van der Waals surface area contributed by atoms with Gasteiger partial charge in [-0.2, -0.15) is 0 Å². The van der Waals surface area contributed by atoms with Crippen molar-refractivity contribution in [2.24, 2.45) is 17.6 Å². The number of thiocarbonyl (C=S) groups is 1. The maximum atomic E-state index is 11.8. The molecule has 0 amide bonds. The normalized spacial score (nSPS) is 23.3. The van der Waals surface area contributed by atoms with E-state index in [1.807, 2.05) is 7.05 Å². The number of carbonyl (C=O) groups excluding carboxylic acids is 1. The third-order valence-electron chi connectivity index (χ3n) is 4.80. The van der Waals surface area contributed by atoms with Gasteiger partial charge in [-0.1, -0.05) is 25.2 Å². The number of nitrogens with zero attached hydrogens (tertiary/aromatic N) is 2. The van der Waals surface area contributed by atoms with E-state index in [4.69, 9.17) is 18.0 Å². The Balaban J connectivity index is 1.87. The van der Waals surface area contributed by atoms with Crippen LogP contribution in [0.15, 0.2) is 22.4 Å². The smallest absolute Gasteiger partial charge is 0.207 e. The Kier molecular flexibility index (Phi) is 6.93. The molecule has 1 aliphatic carbocycles. The van der Waals surface area contributed by atoms with E-state index in [-0.39, 0.29) is 0 Å². The van der Waals surface area contributed by atoms with Crippen LogP contribution in [0.3, 0.4) is 0 Å². The minimum Gasteiger partial charge on any atom is -0.395 e. The molecule has 5 nitrogen and oxygen atoms in total. The molecule has 0 saturated heterocycles. The Morgan fingerprint density at radius 1 is 1.44 bits per heavy atom. The zero-order valence-electron chi connectivity index (χ0n) is 15.5. The number of Topliss-reactive ketones (excluding diaryl/α,β-unsaturated/α-hetero) is 1. The first-order chi connectivity index (χ1) is 11.7. The van der Waals surface area contributed by atoms with Crippen LogP contribution in [0, 0.1) is 11.8 Å². The molecule has 0 aromatic carbocycles. The van der Waals surface area contributed by atoms with Gasteiger partial charge in [0.15, 0.2) is 0 Å². The Labute approximate surface area is 160 Å². The van der Waals surface area contributed by atoms with E-state index in [1.54, 1.807) is 28.6 Å². The van der Waals surface area contributed by atoms with E-state index >= 15 is 0 Å². The number of ketones is 1. The second-order valence-corrected chi connectivity index (χ2v) is 8.73. The molecule has 2 unspecified atom stereocenters. The van der Waals surface area contributed by atoms with Crippen molar-refractivity contribution in [3.8, 4) is 0 Å². The molecule has 140 valence electrons. The van der Waals surface area contributed by atoms with Crippen LogP contribution in [0.4, 0.5) is 0 Å². The SMILES string of the molecule is C/C(=C/CC(C)CC1=C(N)C(=S)N(C)C(O)N1C)SCC(=O)C1CC1. The number of aliphatic hydroxyl groups is 1. The molecule has 2 aliphatic rings. The van der Waals surface area contributed by atoms with Gasteiger partial charge in [0.05, 0.1) is 11.4 Å². The van der Waals surface area contributed by atoms with Gasteiger partial charge in [-0.25, -0.2) is 0 Å². The Bertz CT molecular complexity index is 599. The van der Waals surface area contributed by atoms with Crippen LogP contribution in [0.1, 0.15) is 39.5 Å². The van der Waals surface area contributed by atoms with Crippen molar-refractivity contribution >= 4 is 34.8 Å². The van der Waals surface area contributed by atoms with Gasteiger partial charge in [0.1, 0.15) is 10.8 Å². The third kappa shape index (κ3) is 5.21. The van der Waals surface area contributed by atoms with Crippen molar-refractivity contribution < 1.29 is 9.90 Å². The number of rotatable bonds is 8. The molecule has 0 bridgehead atoms. The number of allylic oxidation sites excluding steroid dienone is 3. The lowest BCUT2D eigenvalue weighted by Crippen LogP contribution is -2.53. The zero-order valence-corrected chi connectivity index (χ0v) is 17.1. The highest BCUT2D eigenvalue weighted by molar-refractivity contribution is 8.03. The first-order valence-electron chi connectivity index (χ1n) is 8.71. The summed E-state index contributed by atoms with van der Waals surface area (Å²) < 4.78 is 0. The van der Waals surface area contributed by atoms with E-state index in [1.165, 1.54) is 4.91 Å². The second kappa shape index (κ2) is 8.56. The quantitative estimate of drug-likeness (QED) is 0.625. The Hall–Kier alpha value is -1.05.